The molecule has 0 amide bonds. The molecule has 1 N–H and O–H groups in total. The van der Waals surface area contributed by atoms with E-state index in [2.05, 4.69) is 4.98 Å². The summed E-state index contributed by atoms with van der Waals surface area (Å²) in [6, 6.07) is 5.55. The van der Waals surface area contributed by atoms with E-state index >= 15 is 0 Å². The SMILES string of the molecule is Cc1cccc2nc(N3C[C@@H](C(F)(F)F)[C@H](C(=O)O)C3)sc12. The molecule has 4 nitrogen and oxygen atoms in total. The van der Waals surface area contributed by atoms with Crippen molar-refractivity contribution in [1.29, 1.82) is 0 Å². The number of carboxylic acid groups (broad SMARTS) is 1. The van der Waals surface area contributed by atoms with Gasteiger partial charge in [-0.3, -0.25) is 4.79 Å². The number of hydrogen-bond acceptors (Lipinski definition) is 4. The molecule has 2 heterocycles. The van der Waals surface area contributed by atoms with Crippen molar-refractivity contribution in [2.75, 3.05) is 18.0 Å². The Balaban J connectivity index is 1.95. The Hall–Kier alpha value is -1.83. The van der Waals surface area contributed by atoms with E-state index in [-0.39, 0.29) is 13.1 Å². The second kappa shape index (κ2) is 5.12. The van der Waals surface area contributed by atoms with E-state index in [0.717, 1.165) is 15.8 Å². The zero-order chi connectivity index (χ0) is 16.1. The average molecular weight is 330 g/mol. The van der Waals surface area contributed by atoms with E-state index in [1.54, 1.807) is 6.07 Å². The largest absolute Gasteiger partial charge is 0.481 e. The van der Waals surface area contributed by atoms with Crippen LogP contribution in [0.3, 0.4) is 0 Å². The Morgan fingerprint density at radius 1 is 1.41 bits per heavy atom. The fourth-order valence-electron chi connectivity index (χ4n) is 2.75. The molecule has 0 radical (unpaired) electrons. The van der Waals surface area contributed by atoms with Gasteiger partial charge in [0.25, 0.3) is 0 Å². The Morgan fingerprint density at radius 2 is 2.14 bits per heavy atom. The maximum atomic E-state index is 13.0. The first-order chi connectivity index (χ1) is 10.3. The molecule has 2 aromatic rings. The van der Waals surface area contributed by atoms with Crippen molar-refractivity contribution in [3.63, 3.8) is 0 Å². The number of rotatable bonds is 2. The van der Waals surface area contributed by atoms with Crippen molar-refractivity contribution in [2.45, 2.75) is 13.1 Å². The minimum absolute atomic E-state index is 0.168. The number of benzene rings is 1. The third-order valence-electron chi connectivity index (χ3n) is 3.93. The highest BCUT2D eigenvalue weighted by Crippen LogP contribution is 2.41. The molecule has 118 valence electrons. The molecule has 1 aliphatic rings. The predicted octanol–water partition coefficient (Wildman–Crippen LogP) is 3.30. The summed E-state index contributed by atoms with van der Waals surface area (Å²) in [7, 11) is 0. The van der Waals surface area contributed by atoms with Crippen LogP contribution < -0.4 is 4.90 Å². The van der Waals surface area contributed by atoms with Crippen molar-refractivity contribution >= 4 is 32.7 Å². The lowest BCUT2D eigenvalue weighted by atomic mass is 9.96. The number of carboxylic acids is 1. The lowest BCUT2D eigenvalue weighted by Crippen LogP contribution is -2.33. The number of anilines is 1. The second-order valence-corrected chi connectivity index (χ2v) is 6.39. The standard InChI is InChI=1S/C14H13F3N2O2S/c1-7-3-2-4-10-11(7)22-13(18-10)19-5-8(12(20)21)9(6-19)14(15,16)17/h2-4,8-9H,5-6H2,1H3,(H,20,21)/t8-,9-/m1/s1. The Bertz CT molecular complexity index is 728. The average Bonchev–Trinajstić information content (AvgIpc) is 3.02. The molecule has 1 fully saturated rings. The van der Waals surface area contributed by atoms with Crippen LogP contribution in [0.25, 0.3) is 10.2 Å². The maximum Gasteiger partial charge on any atom is 0.394 e. The van der Waals surface area contributed by atoms with Crippen LogP contribution in [0.1, 0.15) is 5.56 Å². The number of aliphatic carboxylic acids is 1. The highest BCUT2D eigenvalue weighted by atomic mass is 32.1. The van der Waals surface area contributed by atoms with Crippen LogP contribution in [0.15, 0.2) is 18.2 Å². The van der Waals surface area contributed by atoms with Crippen molar-refractivity contribution in [3.05, 3.63) is 23.8 Å². The number of aryl methyl sites for hydroxylation is 1. The molecular weight excluding hydrogens is 317 g/mol. The van der Waals surface area contributed by atoms with Gasteiger partial charge in [0.2, 0.25) is 0 Å². The van der Waals surface area contributed by atoms with Gasteiger partial charge in [-0.1, -0.05) is 23.5 Å². The molecule has 1 saturated heterocycles. The van der Waals surface area contributed by atoms with Crippen LogP contribution in [0, 0.1) is 18.8 Å². The van der Waals surface area contributed by atoms with Gasteiger partial charge in [0, 0.05) is 13.1 Å². The van der Waals surface area contributed by atoms with Gasteiger partial charge in [-0.15, -0.1) is 0 Å². The van der Waals surface area contributed by atoms with E-state index in [1.165, 1.54) is 16.2 Å². The lowest BCUT2D eigenvalue weighted by Gasteiger charge is -2.17. The van der Waals surface area contributed by atoms with Gasteiger partial charge in [0.1, 0.15) is 0 Å². The van der Waals surface area contributed by atoms with Gasteiger partial charge < -0.3 is 10.0 Å². The topological polar surface area (TPSA) is 53.4 Å². The molecule has 0 unspecified atom stereocenters. The van der Waals surface area contributed by atoms with Crippen LogP contribution in [0.4, 0.5) is 18.3 Å². The number of alkyl halides is 3. The van der Waals surface area contributed by atoms with Gasteiger partial charge in [-0.25, -0.2) is 4.98 Å². The number of halogens is 3. The molecule has 0 spiro atoms. The zero-order valence-electron chi connectivity index (χ0n) is 11.6. The van der Waals surface area contributed by atoms with Crippen molar-refractivity contribution < 1.29 is 23.1 Å². The smallest absolute Gasteiger partial charge is 0.394 e. The summed E-state index contributed by atoms with van der Waals surface area (Å²) in [5.41, 5.74) is 1.73. The van der Waals surface area contributed by atoms with Crippen LogP contribution in [0.5, 0.6) is 0 Å². The van der Waals surface area contributed by atoms with Crippen LogP contribution in [0.2, 0.25) is 0 Å². The number of thiazole rings is 1. The summed E-state index contributed by atoms with van der Waals surface area (Å²) in [5, 5.41) is 9.50. The molecule has 2 atom stereocenters. The van der Waals surface area contributed by atoms with Crippen molar-refractivity contribution in [2.24, 2.45) is 11.8 Å². The molecule has 1 aromatic heterocycles. The Labute approximate surface area is 128 Å². The molecule has 0 aliphatic carbocycles. The summed E-state index contributed by atoms with van der Waals surface area (Å²) in [6.07, 6.45) is -4.52. The lowest BCUT2D eigenvalue weighted by molar-refractivity contribution is -0.187. The van der Waals surface area contributed by atoms with Crippen LogP contribution >= 0.6 is 11.3 Å². The number of carbonyl (C=O) groups is 1. The monoisotopic (exact) mass is 330 g/mol. The normalized spacial score (nSPS) is 22.5. The fourth-order valence-corrected chi connectivity index (χ4v) is 3.80. The number of hydrogen-bond donors (Lipinski definition) is 1. The number of nitrogens with zero attached hydrogens (tertiary/aromatic N) is 2. The minimum atomic E-state index is -4.52. The fraction of sp³-hybridized carbons (Fsp3) is 0.429. The molecule has 1 aliphatic heterocycles. The maximum absolute atomic E-state index is 13.0. The predicted molar refractivity (Wildman–Crippen MR) is 77.2 cm³/mol. The van der Waals surface area contributed by atoms with Gasteiger partial charge in [0.05, 0.1) is 22.1 Å². The molecule has 1 aromatic carbocycles. The first-order valence-corrected chi connectivity index (χ1v) is 7.49. The first kappa shape index (κ1) is 15.1. The van der Waals surface area contributed by atoms with Gasteiger partial charge in [0.15, 0.2) is 5.13 Å². The van der Waals surface area contributed by atoms with E-state index < -0.39 is 24.0 Å². The summed E-state index contributed by atoms with van der Waals surface area (Å²) in [4.78, 5) is 16.9. The third kappa shape index (κ3) is 2.51. The molecule has 0 saturated carbocycles. The molecule has 22 heavy (non-hydrogen) atoms. The van der Waals surface area contributed by atoms with Gasteiger partial charge in [-0.05, 0) is 18.6 Å². The van der Waals surface area contributed by atoms with Crippen molar-refractivity contribution in [1.82, 2.24) is 4.98 Å². The Morgan fingerprint density at radius 3 is 2.68 bits per heavy atom. The quantitative estimate of drug-likeness (QED) is 0.918. The highest BCUT2D eigenvalue weighted by molar-refractivity contribution is 7.22. The summed E-state index contributed by atoms with van der Waals surface area (Å²) in [6.45, 7) is 1.38. The van der Waals surface area contributed by atoms with E-state index in [0.29, 0.717) is 5.13 Å². The summed E-state index contributed by atoms with van der Waals surface area (Å²) < 4.78 is 40.0. The van der Waals surface area contributed by atoms with Crippen LogP contribution in [-0.4, -0.2) is 35.3 Å². The second-order valence-electron chi connectivity index (χ2n) is 5.42. The van der Waals surface area contributed by atoms with Crippen LogP contribution in [-0.2, 0) is 4.79 Å². The molecular formula is C14H13F3N2O2S. The summed E-state index contributed by atoms with van der Waals surface area (Å²) in [5.74, 6) is -4.73. The molecule has 3 rings (SSSR count). The minimum Gasteiger partial charge on any atom is -0.481 e. The highest BCUT2D eigenvalue weighted by Gasteiger charge is 2.53. The molecule has 8 heteroatoms. The first-order valence-electron chi connectivity index (χ1n) is 6.68. The summed E-state index contributed by atoms with van der Waals surface area (Å²) >= 11 is 1.30. The Kier molecular flexibility index (Phi) is 3.51. The van der Waals surface area contributed by atoms with Gasteiger partial charge >= 0.3 is 12.1 Å². The van der Waals surface area contributed by atoms with Crippen molar-refractivity contribution in [3.8, 4) is 0 Å². The number of fused-ring (bicyclic) bond motifs is 1. The zero-order valence-corrected chi connectivity index (χ0v) is 12.4. The van der Waals surface area contributed by atoms with E-state index in [1.807, 2.05) is 19.1 Å². The van der Waals surface area contributed by atoms with Gasteiger partial charge in [-0.2, -0.15) is 13.2 Å². The third-order valence-corrected chi connectivity index (χ3v) is 5.20. The number of aromatic nitrogens is 1. The molecule has 0 bridgehead atoms. The van der Waals surface area contributed by atoms with E-state index in [9.17, 15) is 18.0 Å². The van der Waals surface area contributed by atoms with E-state index in [4.69, 9.17) is 5.11 Å².